The molecule has 0 aliphatic rings. The molecule has 2 rings (SSSR count). The summed E-state index contributed by atoms with van der Waals surface area (Å²) in [7, 11) is 1.65. The first kappa shape index (κ1) is 14.4. The Hall–Kier alpha value is 0.0400. The molecule has 2 aromatic rings. The highest BCUT2D eigenvalue weighted by Crippen LogP contribution is 2.31. The van der Waals surface area contributed by atoms with Gasteiger partial charge < -0.3 is 9.84 Å². The van der Waals surface area contributed by atoms with Crippen molar-refractivity contribution in [2.45, 2.75) is 12.6 Å². The molecule has 7 heteroatoms. The Balaban J connectivity index is 2.28. The molecule has 1 unspecified atom stereocenters. The number of halogens is 2. The first-order valence-electron chi connectivity index (χ1n) is 5.25. The summed E-state index contributed by atoms with van der Waals surface area (Å²) in [5.41, 5.74) is 1.66. The Morgan fingerprint density at radius 2 is 2.44 bits per heavy atom. The second-order valence-corrected chi connectivity index (χ2v) is 7.34. The van der Waals surface area contributed by atoms with Crippen molar-refractivity contribution in [1.29, 1.82) is 0 Å². The standard InChI is InChI=1S/C11H12BrIN2O2S/c1-17-3-2-15-10(8(12)5-14-15)11(16)7-4-9(13)18-6-7/h4-6,11,16H,2-3H2,1H3. The molecule has 0 radical (unpaired) electrons. The zero-order valence-corrected chi connectivity index (χ0v) is 14.2. The Bertz CT molecular complexity index is 529. The number of hydrogen-bond donors (Lipinski definition) is 1. The number of hydrogen-bond acceptors (Lipinski definition) is 4. The Morgan fingerprint density at radius 1 is 1.67 bits per heavy atom. The van der Waals surface area contributed by atoms with Gasteiger partial charge in [0, 0.05) is 7.11 Å². The van der Waals surface area contributed by atoms with Crippen LogP contribution in [0.15, 0.2) is 22.1 Å². The summed E-state index contributed by atoms with van der Waals surface area (Å²) in [5, 5.41) is 16.6. The smallest absolute Gasteiger partial charge is 0.123 e. The molecular formula is C11H12BrIN2O2S. The second kappa shape index (κ2) is 6.47. The molecule has 0 saturated heterocycles. The van der Waals surface area contributed by atoms with Crippen molar-refractivity contribution in [2.24, 2.45) is 0 Å². The van der Waals surface area contributed by atoms with Crippen molar-refractivity contribution in [3.8, 4) is 0 Å². The van der Waals surface area contributed by atoms with Crippen molar-refractivity contribution < 1.29 is 9.84 Å². The highest BCUT2D eigenvalue weighted by Gasteiger charge is 2.20. The van der Waals surface area contributed by atoms with Crippen LogP contribution in [-0.4, -0.2) is 28.6 Å². The average Bonchev–Trinajstić information content (AvgIpc) is 2.92. The van der Waals surface area contributed by atoms with Gasteiger partial charge in [-0.05, 0) is 55.5 Å². The topological polar surface area (TPSA) is 47.3 Å². The lowest BCUT2D eigenvalue weighted by Gasteiger charge is -2.13. The number of aliphatic hydroxyl groups is 1. The second-order valence-electron chi connectivity index (χ2n) is 3.68. The van der Waals surface area contributed by atoms with Gasteiger partial charge in [-0.2, -0.15) is 5.10 Å². The SMILES string of the molecule is COCCn1ncc(Br)c1C(O)c1csc(I)c1. The normalized spacial score (nSPS) is 12.9. The maximum Gasteiger partial charge on any atom is 0.123 e. The molecule has 0 amide bonds. The minimum absolute atomic E-state index is 0.564. The van der Waals surface area contributed by atoms with Crippen LogP contribution in [0.5, 0.6) is 0 Å². The average molecular weight is 443 g/mol. The van der Waals surface area contributed by atoms with Crippen LogP contribution >= 0.6 is 49.9 Å². The minimum Gasteiger partial charge on any atom is -0.383 e. The highest BCUT2D eigenvalue weighted by atomic mass is 127. The van der Waals surface area contributed by atoms with Gasteiger partial charge in [0.05, 0.1) is 32.4 Å². The van der Waals surface area contributed by atoms with Crippen molar-refractivity contribution in [2.75, 3.05) is 13.7 Å². The number of rotatable bonds is 5. The van der Waals surface area contributed by atoms with Crippen LogP contribution in [0, 0.1) is 2.88 Å². The molecule has 1 N–H and O–H groups in total. The number of aliphatic hydroxyl groups excluding tert-OH is 1. The maximum atomic E-state index is 10.4. The minimum atomic E-state index is -0.668. The van der Waals surface area contributed by atoms with Gasteiger partial charge in [0.25, 0.3) is 0 Å². The number of nitrogens with zero attached hydrogens (tertiary/aromatic N) is 2. The predicted molar refractivity (Wildman–Crippen MR) is 82.9 cm³/mol. The van der Waals surface area contributed by atoms with Gasteiger partial charge in [0.1, 0.15) is 6.10 Å². The fourth-order valence-electron chi connectivity index (χ4n) is 1.62. The zero-order chi connectivity index (χ0) is 13.1. The van der Waals surface area contributed by atoms with E-state index in [1.807, 2.05) is 11.4 Å². The van der Waals surface area contributed by atoms with E-state index in [0.29, 0.717) is 13.2 Å². The molecule has 0 aromatic carbocycles. The number of ether oxygens (including phenoxy) is 1. The summed E-state index contributed by atoms with van der Waals surface area (Å²) >= 11 is 7.29. The third-order valence-electron chi connectivity index (χ3n) is 2.50. The Morgan fingerprint density at radius 3 is 3.06 bits per heavy atom. The number of aromatic nitrogens is 2. The first-order chi connectivity index (χ1) is 8.63. The lowest BCUT2D eigenvalue weighted by molar-refractivity contribution is 0.171. The van der Waals surface area contributed by atoms with Gasteiger partial charge in [-0.1, -0.05) is 0 Å². The molecule has 18 heavy (non-hydrogen) atoms. The molecule has 0 bridgehead atoms. The quantitative estimate of drug-likeness (QED) is 0.724. The van der Waals surface area contributed by atoms with E-state index in [1.165, 1.54) is 0 Å². The van der Waals surface area contributed by atoms with E-state index in [0.717, 1.165) is 18.6 Å². The molecule has 2 heterocycles. The van der Waals surface area contributed by atoms with E-state index in [4.69, 9.17) is 4.74 Å². The van der Waals surface area contributed by atoms with Crippen LogP contribution in [0.4, 0.5) is 0 Å². The van der Waals surface area contributed by atoms with Gasteiger partial charge in [0.15, 0.2) is 0 Å². The molecule has 0 aliphatic heterocycles. The van der Waals surface area contributed by atoms with E-state index in [9.17, 15) is 5.11 Å². The summed E-state index contributed by atoms with van der Waals surface area (Å²) in [5.74, 6) is 0. The van der Waals surface area contributed by atoms with E-state index in [2.05, 4.69) is 43.6 Å². The van der Waals surface area contributed by atoms with Crippen molar-refractivity contribution in [3.05, 3.63) is 36.3 Å². The molecular weight excluding hydrogens is 431 g/mol. The van der Waals surface area contributed by atoms with E-state index >= 15 is 0 Å². The number of thiophene rings is 1. The Labute approximate surface area is 131 Å². The third kappa shape index (κ3) is 3.13. The van der Waals surface area contributed by atoms with Crippen molar-refractivity contribution in [1.82, 2.24) is 9.78 Å². The fourth-order valence-corrected chi connectivity index (χ4v) is 3.53. The Kier molecular flexibility index (Phi) is 5.19. The van der Waals surface area contributed by atoms with E-state index in [-0.39, 0.29) is 0 Å². The summed E-state index contributed by atoms with van der Waals surface area (Å²) in [4.78, 5) is 0. The summed E-state index contributed by atoms with van der Waals surface area (Å²) in [6.45, 7) is 1.19. The van der Waals surface area contributed by atoms with Crippen molar-refractivity contribution in [3.63, 3.8) is 0 Å². The third-order valence-corrected chi connectivity index (χ3v) is 4.92. The number of methoxy groups -OCH3 is 1. The first-order valence-corrected chi connectivity index (χ1v) is 8.00. The van der Waals surface area contributed by atoms with Gasteiger partial charge in [-0.3, -0.25) is 4.68 Å². The largest absolute Gasteiger partial charge is 0.383 e. The monoisotopic (exact) mass is 442 g/mol. The maximum absolute atomic E-state index is 10.4. The highest BCUT2D eigenvalue weighted by molar-refractivity contribution is 14.1. The van der Waals surface area contributed by atoms with Gasteiger partial charge in [-0.15, -0.1) is 11.3 Å². The van der Waals surface area contributed by atoms with E-state index in [1.54, 1.807) is 29.3 Å². The van der Waals surface area contributed by atoms with Crippen LogP contribution in [0.25, 0.3) is 0 Å². The fraction of sp³-hybridized carbons (Fsp3) is 0.364. The molecule has 4 nitrogen and oxygen atoms in total. The van der Waals surface area contributed by atoms with Crippen LogP contribution in [-0.2, 0) is 11.3 Å². The summed E-state index contributed by atoms with van der Waals surface area (Å²) in [6.07, 6.45) is 1.03. The van der Waals surface area contributed by atoms with Crippen LogP contribution in [0.3, 0.4) is 0 Å². The summed E-state index contributed by atoms with van der Waals surface area (Å²) in [6, 6.07) is 1.98. The van der Waals surface area contributed by atoms with Gasteiger partial charge in [-0.25, -0.2) is 0 Å². The summed E-state index contributed by atoms with van der Waals surface area (Å²) < 4.78 is 8.78. The predicted octanol–water partition coefficient (Wildman–Crippen LogP) is 3.04. The molecule has 0 aliphatic carbocycles. The van der Waals surface area contributed by atoms with Crippen molar-refractivity contribution >= 4 is 49.9 Å². The molecule has 0 spiro atoms. The lowest BCUT2D eigenvalue weighted by atomic mass is 10.1. The molecule has 98 valence electrons. The van der Waals surface area contributed by atoms with Crippen LogP contribution in [0.1, 0.15) is 17.4 Å². The molecule has 0 saturated carbocycles. The zero-order valence-electron chi connectivity index (χ0n) is 9.64. The lowest BCUT2D eigenvalue weighted by Crippen LogP contribution is -2.13. The van der Waals surface area contributed by atoms with Gasteiger partial charge >= 0.3 is 0 Å². The van der Waals surface area contributed by atoms with Gasteiger partial charge in [0.2, 0.25) is 0 Å². The van der Waals surface area contributed by atoms with Crippen LogP contribution in [0.2, 0.25) is 0 Å². The molecule has 2 aromatic heterocycles. The van der Waals surface area contributed by atoms with Crippen LogP contribution < -0.4 is 0 Å². The molecule has 1 atom stereocenters. The van der Waals surface area contributed by atoms with E-state index < -0.39 is 6.10 Å². The molecule has 0 fully saturated rings.